The molecule has 0 radical (unpaired) electrons. The molecule has 2 amide bonds. The Bertz CT molecular complexity index is 1780. The van der Waals surface area contributed by atoms with Crippen LogP contribution < -0.4 is 19.1 Å². The Morgan fingerprint density at radius 2 is 1.43 bits per heavy atom. The molecule has 4 aromatic carbocycles. The Balaban J connectivity index is 1.86. The van der Waals surface area contributed by atoms with E-state index in [1.807, 2.05) is 51.1 Å². The summed E-state index contributed by atoms with van der Waals surface area (Å²) in [5.74, 6) is -0.318. The first-order chi connectivity index (χ1) is 22.3. The fourth-order valence-electron chi connectivity index (χ4n) is 5.05. The lowest BCUT2D eigenvalue weighted by atomic mass is 10.0. The van der Waals surface area contributed by atoms with Gasteiger partial charge in [-0.15, -0.1) is 0 Å². The van der Waals surface area contributed by atoms with Crippen molar-refractivity contribution in [3.63, 3.8) is 0 Å². The molecule has 0 spiro atoms. The third kappa shape index (κ3) is 9.05. The van der Waals surface area contributed by atoms with Crippen molar-refractivity contribution in [1.82, 2.24) is 10.2 Å². The number of nitrogens with zero attached hydrogens (tertiary/aromatic N) is 2. The van der Waals surface area contributed by atoms with Gasteiger partial charge in [-0.1, -0.05) is 78.3 Å². The van der Waals surface area contributed by atoms with Gasteiger partial charge in [0.15, 0.2) is 11.5 Å². The molecule has 0 aromatic heterocycles. The van der Waals surface area contributed by atoms with E-state index >= 15 is 0 Å². The Kier molecular flexibility index (Phi) is 11.5. The first-order valence-electron chi connectivity index (χ1n) is 15.0. The van der Waals surface area contributed by atoms with Crippen molar-refractivity contribution in [2.24, 2.45) is 0 Å². The van der Waals surface area contributed by atoms with Gasteiger partial charge in [-0.3, -0.25) is 13.9 Å². The van der Waals surface area contributed by atoms with Crippen LogP contribution in [0.2, 0.25) is 5.02 Å². The van der Waals surface area contributed by atoms with E-state index in [1.54, 1.807) is 54.6 Å². The van der Waals surface area contributed by atoms with Gasteiger partial charge < -0.3 is 19.7 Å². The molecule has 0 saturated heterocycles. The van der Waals surface area contributed by atoms with Gasteiger partial charge >= 0.3 is 0 Å². The summed E-state index contributed by atoms with van der Waals surface area (Å²) in [7, 11) is -1.36. The van der Waals surface area contributed by atoms with Gasteiger partial charge in [0, 0.05) is 29.6 Å². The van der Waals surface area contributed by atoms with E-state index in [0.717, 1.165) is 9.87 Å². The SMILES string of the molecule is COc1ccc(N(CC(=O)N(Cc2ccccc2Cl)C(Cc2ccccc2)C(=O)NC(C)(C)C)S(=O)(=O)c2ccccc2)cc1OC. The molecule has 11 heteroatoms. The number of hydrogen-bond donors (Lipinski definition) is 1. The van der Waals surface area contributed by atoms with Crippen LogP contribution in [0.15, 0.2) is 108 Å². The zero-order chi connectivity index (χ0) is 34.2. The molecule has 47 heavy (non-hydrogen) atoms. The molecule has 0 fully saturated rings. The molecule has 0 aliphatic heterocycles. The molecule has 248 valence electrons. The number of benzene rings is 4. The van der Waals surface area contributed by atoms with Gasteiger partial charge in [0.2, 0.25) is 11.8 Å². The number of anilines is 1. The van der Waals surface area contributed by atoms with Crippen LogP contribution in [0.5, 0.6) is 11.5 Å². The number of sulfonamides is 1. The van der Waals surface area contributed by atoms with Crippen LogP contribution in [0.1, 0.15) is 31.9 Å². The van der Waals surface area contributed by atoms with Gasteiger partial charge in [-0.05, 0) is 62.2 Å². The highest BCUT2D eigenvalue weighted by Gasteiger charge is 2.36. The minimum atomic E-state index is -4.28. The summed E-state index contributed by atoms with van der Waals surface area (Å²) in [6.07, 6.45) is 0.181. The highest BCUT2D eigenvalue weighted by atomic mass is 35.5. The van der Waals surface area contributed by atoms with E-state index in [-0.39, 0.29) is 35.2 Å². The van der Waals surface area contributed by atoms with Crippen molar-refractivity contribution in [3.8, 4) is 11.5 Å². The number of amides is 2. The second-order valence-electron chi connectivity index (χ2n) is 11.9. The first kappa shape index (κ1) is 35.3. The Hall–Kier alpha value is -4.54. The number of hydrogen-bond acceptors (Lipinski definition) is 6. The Morgan fingerprint density at radius 3 is 2.02 bits per heavy atom. The van der Waals surface area contributed by atoms with Crippen molar-refractivity contribution in [2.45, 2.75) is 50.2 Å². The zero-order valence-electron chi connectivity index (χ0n) is 27.1. The number of carbonyl (C=O) groups is 2. The normalized spacial score (nSPS) is 12.1. The molecule has 1 atom stereocenters. The van der Waals surface area contributed by atoms with Gasteiger partial charge in [0.25, 0.3) is 10.0 Å². The molecule has 1 unspecified atom stereocenters. The van der Waals surface area contributed by atoms with Crippen molar-refractivity contribution < 1.29 is 27.5 Å². The van der Waals surface area contributed by atoms with Crippen molar-refractivity contribution in [2.75, 3.05) is 25.1 Å². The maximum atomic E-state index is 14.6. The van der Waals surface area contributed by atoms with E-state index in [0.29, 0.717) is 16.3 Å². The number of nitrogens with one attached hydrogen (secondary N) is 1. The molecule has 4 rings (SSSR count). The lowest BCUT2D eigenvalue weighted by Gasteiger charge is -2.35. The van der Waals surface area contributed by atoms with Crippen LogP contribution in [0.3, 0.4) is 0 Å². The monoisotopic (exact) mass is 677 g/mol. The molecule has 0 saturated carbocycles. The maximum Gasteiger partial charge on any atom is 0.264 e. The van der Waals surface area contributed by atoms with Gasteiger partial charge in [0.05, 0.1) is 24.8 Å². The van der Waals surface area contributed by atoms with Crippen LogP contribution in [-0.4, -0.2) is 57.5 Å². The number of ether oxygens (including phenoxy) is 2. The molecule has 0 aliphatic carbocycles. The number of carbonyl (C=O) groups excluding carboxylic acids is 2. The summed E-state index contributed by atoms with van der Waals surface area (Å²) >= 11 is 6.57. The predicted octanol–water partition coefficient (Wildman–Crippen LogP) is 6.11. The van der Waals surface area contributed by atoms with Crippen LogP contribution in [0, 0.1) is 0 Å². The van der Waals surface area contributed by atoms with E-state index < -0.39 is 34.1 Å². The van der Waals surface area contributed by atoms with Crippen molar-refractivity contribution >= 4 is 39.1 Å². The first-order valence-corrected chi connectivity index (χ1v) is 16.8. The fourth-order valence-corrected chi connectivity index (χ4v) is 6.67. The lowest BCUT2D eigenvalue weighted by molar-refractivity contribution is -0.140. The average Bonchev–Trinajstić information content (AvgIpc) is 3.05. The van der Waals surface area contributed by atoms with Crippen LogP contribution in [-0.2, 0) is 32.6 Å². The summed E-state index contributed by atoms with van der Waals surface area (Å²) in [5.41, 5.74) is 1.00. The van der Waals surface area contributed by atoms with E-state index in [4.69, 9.17) is 21.1 Å². The summed E-state index contributed by atoms with van der Waals surface area (Å²) in [6, 6.07) is 27.9. The quantitative estimate of drug-likeness (QED) is 0.183. The lowest BCUT2D eigenvalue weighted by Crippen LogP contribution is -2.56. The zero-order valence-corrected chi connectivity index (χ0v) is 28.7. The molecule has 0 aliphatic rings. The highest BCUT2D eigenvalue weighted by molar-refractivity contribution is 7.92. The molecular formula is C36H40ClN3O6S. The molecule has 1 N–H and O–H groups in total. The average molecular weight is 678 g/mol. The second-order valence-corrected chi connectivity index (χ2v) is 14.2. The fraction of sp³-hybridized carbons (Fsp3) is 0.278. The topological polar surface area (TPSA) is 105 Å². The number of methoxy groups -OCH3 is 2. The molecule has 0 heterocycles. The van der Waals surface area contributed by atoms with E-state index in [9.17, 15) is 18.0 Å². The summed E-state index contributed by atoms with van der Waals surface area (Å²) in [6.45, 7) is 4.91. The summed E-state index contributed by atoms with van der Waals surface area (Å²) < 4.78 is 40.3. The third-order valence-electron chi connectivity index (χ3n) is 7.33. The number of rotatable bonds is 13. The van der Waals surface area contributed by atoms with E-state index in [2.05, 4.69) is 5.32 Å². The molecule has 9 nitrogen and oxygen atoms in total. The molecule has 4 aromatic rings. The standard InChI is InChI=1S/C36H40ClN3O6S/c1-36(2,3)38-35(42)31(22-26-14-8-6-9-15-26)39(24-27-16-12-13-19-30(27)37)34(41)25-40(47(43,44)29-17-10-7-11-18-29)28-20-21-32(45-4)33(23-28)46-5/h6-21,23,31H,22,24-25H2,1-5H3,(H,38,42). The molecular weight excluding hydrogens is 638 g/mol. The second kappa shape index (κ2) is 15.4. The highest BCUT2D eigenvalue weighted by Crippen LogP contribution is 2.34. The van der Waals surface area contributed by atoms with Gasteiger partial charge in [0.1, 0.15) is 12.6 Å². The number of halogens is 1. The largest absolute Gasteiger partial charge is 0.493 e. The minimum Gasteiger partial charge on any atom is -0.493 e. The van der Waals surface area contributed by atoms with Crippen molar-refractivity contribution in [3.05, 3.63) is 119 Å². The Labute approximate surface area is 282 Å². The summed E-state index contributed by atoms with van der Waals surface area (Å²) in [4.78, 5) is 30.1. The van der Waals surface area contributed by atoms with Crippen LogP contribution >= 0.6 is 11.6 Å². The molecule has 0 bridgehead atoms. The van der Waals surface area contributed by atoms with Gasteiger partial charge in [-0.25, -0.2) is 8.42 Å². The smallest absolute Gasteiger partial charge is 0.264 e. The van der Waals surface area contributed by atoms with Crippen molar-refractivity contribution in [1.29, 1.82) is 0 Å². The maximum absolute atomic E-state index is 14.6. The third-order valence-corrected chi connectivity index (χ3v) is 9.49. The summed E-state index contributed by atoms with van der Waals surface area (Å²) in [5, 5.41) is 3.43. The van der Waals surface area contributed by atoms with Gasteiger partial charge in [-0.2, -0.15) is 0 Å². The minimum absolute atomic E-state index is 0.00782. The van der Waals surface area contributed by atoms with Crippen LogP contribution in [0.25, 0.3) is 0 Å². The predicted molar refractivity (Wildman–Crippen MR) is 184 cm³/mol. The Morgan fingerprint density at radius 1 is 0.830 bits per heavy atom. The van der Waals surface area contributed by atoms with E-state index in [1.165, 1.54) is 37.3 Å². The van der Waals surface area contributed by atoms with Crippen LogP contribution in [0.4, 0.5) is 5.69 Å².